The molecule has 1 radical (unpaired) electrons. The summed E-state index contributed by atoms with van der Waals surface area (Å²) in [5.41, 5.74) is 2.38. The van der Waals surface area contributed by atoms with Gasteiger partial charge in [-0.3, -0.25) is 0 Å². The second-order valence-electron chi connectivity index (χ2n) is 4.54. The highest BCUT2D eigenvalue weighted by Crippen LogP contribution is 2.38. The van der Waals surface area contributed by atoms with Crippen molar-refractivity contribution in [2.24, 2.45) is 0 Å². The second-order valence-corrected chi connectivity index (χ2v) is 5.33. The Hall–Kier alpha value is -0.730. The minimum absolute atomic E-state index is 0.0959. The van der Waals surface area contributed by atoms with Crippen LogP contribution in [0.1, 0.15) is 26.3 Å². The van der Waals surface area contributed by atoms with Crippen LogP contribution < -0.4 is 0 Å². The Bertz CT molecular complexity index is 509. The standard InChI is InChI=1S/C11H11Cl2N2/c1-11(2,3)8-6(12)4-7-10(9(8)13)15-5-14-7/h4H,1-3H3,(H,14,15). The van der Waals surface area contributed by atoms with E-state index in [1.54, 1.807) is 0 Å². The Labute approximate surface area is 98.6 Å². The molecule has 0 saturated heterocycles. The molecule has 0 saturated carbocycles. The molecule has 0 aliphatic rings. The van der Waals surface area contributed by atoms with Gasteiger partial charge in [-0.15, -0.1) is 0 Å². The summed E-state index contributed by atoms with van der Waals surface area (Å²) >= 11 is 12.5. The molecule has 2 aromatic rings. The maximum absolute atomic E-state index is 6.29. The Morgan fingerprint density at radius 2 is 2.00 bits per heavy atom. The van der Waals surface area contributed by atoms with Crippen molar-refractivity contribution in [3.05, 3.63) is 28.0 Å². The van der Waals surface area contributed by atoms with Crippen molar-refractivity contribution in [3.8, 4) is 0 Å². The summed E-state index contributed by atoms with van der Waals surface area (Å²) in [7, 11) is 0. The van der Waals surface area contributed by atoms with Crippen LogP contribution in [0.15, 0.2) is 6.07 Å². The molecule has 0 atom stereocenters. The summed E-state index contributed by atoms with van der Waals surface area (Å²) in [5, 5.41) is 1.28. The summed E-state index contributed by atoms with van der Waals surface area (Å²) in [4.78, 5) is 6.94. The molecule has 0 unspecified atom stereocenters. The summed E-state index contributed by atoms with van der Waals surface area (Å²) < 4.78 is 0. The number of fused-ring (bicyclic) bond motifs is 1. The predicted molar refractivity (Wildman–Crippen MR) is 63.6 cm³/mol. The number of H-pyrrole nitrogens is 1. The van der Waals surface area contributed by atoms with Crippen LogP contribution >= 0.6 is 23.2 Å². The minimum atomic E-state index is -0.0959. The van der Waals surface area contributed by atoms with Gasteiger partial charge in [0, 0.05) is 5.02 Å². The molecule has 2 nitrogen and oxygen atoms in total. The van der Waals surface area contributed by atoms with Crippen LogP contribution in [0.2, 0.25) is 10.0 Å². The summed E-state index contributed by atoms with van der Waals surface area (Å²) in [6.07, 6.45) is 2.67. The first-order valence-corrected chi connectivity index (χ1v) is 5.41. The Kier molecular flexibility index (Phi) is 2.44. The summed E-state index contributed by atoms with van der Waals surface area (Å²) in [6, 6.07) is 1.84. The number of halogens is 2. The van der Waals surface area contributed by atoms with E-state index >= 15 is 0 Å². The Morgan fingerprint density at radius 1 is 1.33 bits per heavy atom. The molecule has 0 aliphatic carbocycles. The van der Waals surface area contributed by atoms with E-state index in [2.05, 4.69) is 37.1 Å². The van der Waals surface area contributed by atoms with Gasteiger partial charge in [0.05, 0.1) is 10.5 Å². The van der Waals surface area contributed by atoms with Gasteiger partial charge >= 0.3 is 0 Å². The quantitative estimate of drug-likeness (QED) is 0.743. The molecule has 1 aromatic heterocycles. The van der Waals surface area contributed by atoms with E-state index in [0.717, 1.165) is 16.6 Å². The maximum Gasteiger partial charge on any atom is 0.174 e. The van der Waals surface area contributed by atoms with Crippen molar-refractivity contribution in [1.82, 2.24) is 9.97 Å². The number of nitrogens with zero attached hydrogens (tertiary/aromatic N) is 1. The van der Waals surface area contributed by atoms with Crippen molar-refractivity contribution in [2.45, 2.75) is 26.2 Å². The van der Waals surface area contributed by atoms with Crippen LogP contribution in [-0.4, -0.2) is 9.97 Å². The smallest absolute Gasteiger partial charge is 0.174 e. The molecule has 0 aliphatic heterocycles. The first kappa shape index (κ1) is 10.8. The summed E-state index contributed by atoms with van der Waals surface area (Å²) in [6.45, 7) is 6.22. The number of benzene rings is 1. The predicted octanol–water partition coefficient (Wildman–Crippen LogP) is 3.97. The molecule has 1 heterocycles. The van der Waals surface area contributed by atoms with Crippen molar-refractivity contribution >= 4 is 34.2 Å². The number of aromatic amines is 1. The molecule has 0 fully saturated rings. The average Bonchev–Trinajstić information content (AvgIpc) is 2.48. The lowest BCUT2D eigenvalue weighted by Crippen LogP contribution is -2.12. The monoisotopic (exact) mass is 241 g/mol. The molecular weight excluding hydrogens is 231 g/mol. The third-order valence-corrected chi connectivity index (χ3v) is 2.97. The molecule has 79 valence electrons. The zero-order valence-electron chi connectivity index (χ0n) is 8.78. The van der Waals surface area contributed by atoms with Crippen LogP contribution in [0.25, 0.3) is 11.0 Å². The topological polar surface area (TPSA) is 28.7 Å². The van der Waals surface area contributed by atoms with Crippen molar-refractivity contribution < 1.29 is 0 Å². The van der Waals surface area contributed by atoms with E-state index in [1.165, 1.54) is 0 Å². The Balaban J connectivity index is 2.84. The third-order valence-electron chi connectivity index (χ3n) is 2.30. The van der Waals surface area contributed by atoms with Crippen molar-refractivity contribution in [2.75, 3.05) is 0 Å². The zero-order chi connectivity index (χ0) is 11.2. The van der Waals surface area contributed by atoms with E-state index in [-0.39, 0.29) is 5.41 Å². The van der Waals surface area contributed by atoms with Crippen LogP contribution in [0.5, 0.6) is 0 Å². The second kappa shape index (κ2) is 3.39. The van der Waals surface area contributed by atoms with Crippen molar-refractivity contribution in [1.29, 1.82) is 0 Å². The highest BCUT2D eigenvalue weighted by molar-refractivity contribution is 6.39. The van der Waals surface area contributed by atoms with Gasteiger partial charge in [-0.25, -0.2) is 4.98 Å². The molecule has 1 N–H and O–H groups in total. The van der Waals surface area contributed by atoms with Gasteiger partial charge in [0.1, 0.15) is 5.52 Å². The lowest BCUT2D eigenvalue weighted by molar-refractivity contribution is 0.591. The lowest BCUT2D eigenvalue weighted by Gasteiger charge is -2.22. The fourth-order valence-corrected chi connectivity index (χ4v) is 2.71. The van der Waals surface area contributed by atoms with Gasteiger partial charge in [0.25, 0.3) is 0 Å². The maximum atomic E-state index is 6.29. The Morgan fingerprint density at radius 3 is 2.60 bits per heavy atom. The van der Waals surface area contributed by atoms with Gasteiger partial charge in [-0.1, -0.05) is 44.0 Å². The number of nitrogens with one attached hydrogen (secondary N) is 1. The van der Waals surface area contributed by atoms with Gasteiger partial charge in [0.15, 0.2) is 6.33 Å². The molecule has 15 heavy (non-hydrogen) atoms. The van der Waals surface area contributed by atoms with Gasteiger partial charge in [0.2, 0.25) is 0 Å². The number of hydrogen-bond acceptors (Lipinski definition) is 1. The molecule has 0 amide bonds. The molecule has 0 spiro atoms. The first-order chi connectivity index (χ1) is 6.91. The van der Waals surface area contributed by atoms with Crippen molar-refractivity contribution in [3.63, 3.8) is 0 Å². The van der Waals surface area contributed by atoms with Crippen LogP contribution in [-0.2, 0) is 5.41 Å². The highest BCUT2D eigenvalue weighted by atomic mass is 35.5. The summed E-state index contributed by atoms with van der Waals surface area (Å²) in [5.74, 6) is 0. The van der Waals surface area contributed by atoms with E-state index < -0.39 is 0 Å². The highest BCUT2D eigenvalue weighted by Gasteiger charge is 2.23. The molecule has 4 heteroatoms. The molecular formula is C11H11Cl2N2. The molecule has 1 aromatic carbocycles. The van der Waals surface area contributed by atoms with E-state index in [0.29, 0.717) is 10.0 Å². The number of rotatable bonds is 0. The zero-order valence-corrected chi connectivity index (χ0v) is 10.3. The van der Waals surface area contributed by atoms with Gasteiger partial charge < -0.3 is 4.98 Å². The van der Waals surface area contributed by atoms with Gasteiger partial charge in [-0.2, -0.15) is 0 Å². The fourth-order valence-electron chi connectivity index (χ4n) is 1.64. The van der Waals surface area contributed by atoms with E-state index in [9.17, 15) is 0 Å². The minimum Gasteiger partial charge on any atom is -0.335 e. The SMILES string of the molecule is CC(C)(C)c1c(Cl)cc2[nH][c]nc2c1Cl. The number of aromatic nitrogens is 2. The normalized spacial score (nSPS) is 12.3. The number of hydrogen-bond donors (Lipinski definition) is 1. The largest absolute Gasteiger partial charge is 0.335 e. The van der Waals surface area contributed by atoms with Gasteiger partial charge in [-0.05, 0) is 17.0 Å². The van der Waals surface area contributed by atoms with E-state index in [1.807, 2.05) is 6.07 Å². The van der Waals surface area contributed by atoms with Crippen LogP contribution in [0, 0.1) is 6.33 Å². The van der Waals surface area contributed by atoms with Crippen LogP contribution in [0.4, 0.5) is 0 Å². The first-order valence-electron chi connectivity index (χ1n) is 4.65. The fraction of sp³-hybridized carbons (Fsp3) is 0.364. The average molecular weight is 242 g/mol. The molecule has 2 rings (SSSR count). The number of imidazole rings is 1. The van der Waals surface area contributed by atoms with E-state index in [4.69, 9.17) is 23.2 Å². The third kappa shape index (κ3) is 1.72. The van der Waals surface area contributed by atoms with Crippen LogP contribution in [0.3, 0.4) is 0 Å². The molecule has 0 bridgehead atoms. The lowest BCUT2D eigenvalue weighted by atomic mass is 9.86.